The van der Waals surface area contributed by atoms with Gasteiger partial charge in [-0.25, -0.2) is 4.98 Å². The van der Waals surface area contributed by atoms with Crippen molar-refractivity contribution in [2.24, 2.45) is 5.92 Å². The van der Waals surface area contributed by atoms with Gasteiger partial charge in [-0.15, -0.1) is 0 Å². The number of fused-ring (bicyclic) bond motifs is 3. The monoisotopic (exact) mass is 315 g/mol. The van der Waals surface area contributed by atoms with Gasteiger partial charge in [0, 0.05) is 6.54 Å². The van der Waals surface area contributed by atoms with Crippen molar-refractivity contribution in [2.75, 3.05) is 37.8 Å². The second-order valence-electron chi connectivity index (χ2n) is 7.05. The summed E-state index contributed by atoms with van der Waals surface area (Å²) in [6, 6.07) is 6.50. The van der Waals surface area contributed by atoms with E-state index in [4.69, 9.17) is 9.72 Å². The van der Waals surface area contributed by atoms with Crippen molar-refractivity contribution >= 4 is 26.7 Å². The first kappa shape index (κ1) is 13.3. The maximum atomic E-state index is 6.35. The molecule has 1 aromatic heterocycles. The number of benzene rings is 1. The van der Waals surface area contributed by atoms with Crippen LogP contribution in [0.2, 0.25) is 0 Å². The van der Waals surface area contributed by atoms with Gasteiger partial charge in [0.05, 0.1) is 16.8 Å². The highest BCUT2D eigenvalue weighted by Crippen LogP contribution is 2.43. The number of hydrogen-bond donors (Lipinski definition) is 0. The van der Waals surface area contributed by atoms with Crippen molar-refractivity contribution in [3.63, 3.8) is 0 Å². The van der Waals surface area contributed by atoms with Crippen LogP contribution in [-0.2, 0) is 4.74 Å². The Kier molecular flexibility index (Phi) is 2.82. The second kappa shape index (κ2) is 4.66. The first-order chi connectivity index (χ1) is 10.7. The standard InChI is InChI=1S/C17H21N3OS/c1-12-2-3-14-15(8-12)22-16(18-14)20-10-17(21-11-20)9-19-6-4-13(17)5-7-19/h2-3,8,13H,4-7,9-11H2,1H3. The second-order valence-corrected chi connectivity index (χ2v) is 8.06. The Morgan fingerprint density at radius 3 is 2.91 bits per heavy atom. The third-order valence-corrected chi connectivity index (χ3v) is 6.67. The Morgan fingerprint density at radius 2 is 2.14 bits per heavy atom. The average Bonchev–Trinajstić information content (AvgIpc) is 3.12. The quantitative estimate of drug-likeness (QED) is 0.809. The molecule has 1 unspecified atom stereocenters. The molecule has 2 aromatic rings. The fourth-order valence-corrected chi connectivity index (χ4v) is 5.42. The average molecular weight is 315 g/mol. The molecule has 4 fully saturated rings. The van der Waals surface area contributed by atoms with E-state index >= 15 is 0 Å². The zero-order valence-corrected chi connectivity index (χ0v) is 13.7. The van der Waals surface area contributed by atoms with Gasteiger partial charge in [0.2, 0.25) is 0 Å². The number of anilines is 1. The fraction of sp³-hybridized carbons (Fsp3) is 0.588. The van der Waals surface area contributed by atoms with Gasteiger partial charge in [-0.3, -0.25) is 0 Å². The lowest BCUT2D eigenvalue weighted by molar-refractivity contribution is -0.116. The van der Waals surface area contributed by atoms with E-state index in [9.17, 15) is 0 Å². The molecule has 116 valence electrons. The Bertz CT molecular complexity index is 722. The molecule has 0 N–H and O–H groups in total. The SMILES string of the molecule is Cc1ccc2nc(N3COC4(CN5CCC4CC5)C3)sc2c1. The Balaban J connectivity index is 1.44. The van der Waals surface area contributed by atoms with E-state index in [2.05, 4.69) is 34.9 Å². The molecule has 4 aliphatic heterocycles. The first-order valence-corrected chi connectivity index (χ1v) is 9.02. The summed E-state index contributed by atoms with van der Waals surface area (Å²) in [7, 11) is 0. The minimum Gasteiger partial charge on any atom is -0.351 e. The van der Waals surface area contributed by atoms with Crippen molar-refractivity contribution in [2.45, 2.75) is 25.4 Å². The van der Waals surface area contributed by atoms with E-state index in [0.29, 0.717) is 6.73 Å². The molecule has 22 heavy (non-hydrogen) atoms. The zero-order chi connectivity index (χ0) is 14.7. The molecule has 6 rings (SSSR count). The maximum absolute atomic E-state index is 6.35. The van der Waals surface area contributed by atoms with Crippen LogP contribution in [0, 0.1) is 12.8 Å². The molecule has 4 nitrogen and oxygen atoms in total. The van der Waals surface area contributed by atoms with Crippen LogP contribution < -0.4 is 4.90 Å². The van der Waals surface area contributed by atoms with Crippen LogP contribution in [0.4, 0.5) is 5.13 Å². The van der Waals surface area contributed by atoms with Crippen LogP contribution in [0.15, 0.2) is 18.2 Å². The van der Waals surface area contributed by atoms with Gasteiger partial charge in [-0.1, -0.05) is 17.4 Å². The van der Waals surface area contributed by atoms with Crippen molar-refractivity contribution in [1.82, 2.24) is 9.88 Å². The van der Waals surface area contributed by atoms with Crippen LogP contribution >= 0.6 is 11.3 Å². The van der Waals surface area contributed by atoms with Crippen LogP contribution in [0.5, 0.6) is 0 Å². The Hall–Kier alpha value is -1.17. The number of nitrogens with zero attached hydrogens (tertiary/aromatic N) is 3. The van der Waals surface area contributed by atoms with E-state index < -0.39 is 0 Å². The van der Waals surface area contributed by atoms with Gasteiger partial charge in [0.15, 0.2) is 5.13 Å². The van der Waals surface area contributed by atoms with Crippen molar-refractivity contribution < 1.29 is 4.74 Å². The topological polar surface area (TPSA) is 28.6 Å². The Morgan fingerprint density at radius 1 is 1.27 bits per heavy atom. The van der Waals surface area contributed by atoms with Crippen LogP contribution in [0.25, 0.3) is 10.2 Å². The first-order valence-electron chi connectivity index (χ1n) is 8.20. The van der Waals surface area contributed by atoms with Gasteiger partial charge in [0.1, 0.15) is 12.3 Å². The minimum atomic E-state index is 0.0598. The number of rotatable bonds is 1. The maximum Gasteiger partial charge on any atom is 0.188 e. The summed E-state index contributed by atoms with van der Waals surface area (Å²) in [5, 5.41) is 1.12. The van der Waals surface area contributed by atoms with E-state index in [1.807, 2.05) is 0 Å². The number of aryl methyl sites for hydroxylation is 1. The summed E-state index contributed by atoms with van der Waals surface area (Å²) < 4.78 is 7.64. The number of thiazole rings is 1. The predicted octanol–water partition coefficient (Wildman–Crippen LogP) is 2.86. The molecule has 4 aliphatic rings. The highest BCUT2D eigenvalue weighted by atomic mass is 32.1. The molecule has 0 radical (unpaired) electrons. The third-order valence-electron chi connectivity index (χ3n) is 5.59. The van der Waals surface area contributed by atoms with E-state index in [1.54, 1.807) is 11.3 Å². The smallest absolute Gasteiger partial charge is 0.188 e. The summed E-state index contributed by atoms with van der Waals surface area (Å²) in [4.78, 5) is 9.75. The molecule has 5 heterocycles. The molecular formula is C17H21N3OS. The Labute approximate surface area is 134 Å². The minimum absolute atomic E-state index is 0.0598. The summed E-state index contributed by atoms with van der Waals surface area (Å²) in [5.41, 5.74) is 2.47. The molecule has 0 saturated carbocycles. The van der Waals surface area contributed by atoms with Crippen LogP contribution in [-0.4, -0.2) is 48.4 Å². The van der Waals surface area contributed by atoms with Gasteiger partial charge in [0.25, 0.3) is 0 Å². The molecule has 4 saturated heterocycles. The number of ether oxygens (including phenoxy) is 1. The van der Waals surface area contributed by atoms with Crippen molar-refractivity contribution in [3.05, 3.63) is 23.8 Å². The molecule has 0 amide bonds. The molecule has 5 heteroatoms. The molecule has 0 aliphatic carbocycles. The van der Waals surface area contributed by atoms with Gasteiger partial charge < -0.3 is 14.5 Å². The van der Waals surface area contributed by atoms with Crippen molar-refractivity contribution in [3.8, 4) is 0 Å². The van der Waals surface area contributed by atoms with E-state index in [-0.39, 0.29) is 5.60 Å². The normalized spacial score (nSPS) is 34.1. The van der Waals surface area contributed by atoms with E-state index in [1.165, 1.54) is 36.2 Å². The summed E-state index contributed by atoms with van der Waals surface area (Å²) >= 11 is 1.80. The van der Waals surface area contributed by atoms with Gasteiger partial charge >= 0.3 is 0 Å². The lowest BCUT2D eigenvalue weighted by atomic mass is 9.75. The number of piperidine rings is 3. The summed E-state index contributed by atoms with van der Waals surface area (Å²) in [6.45, 7) is 7.47. The highest BCUT2D eigenvalue weighted by Gasteiger charge is 2.52. The lowest BCUT2D eigenvalue weighted by Gasteiger charge is -2.50. The molecule has 1 spiro atoms. The third kappa shape index (κ3) is 1.92. The van der Waals surface area contributed by atoms with E-state index in [0.717, 1.165) is 29.7 Å². The van der Waals surface area contributed by atoms with Crippen LogP contribution in [0.1, 0.15) is 18.4 Å². The molecular weight excluding hydrogens is 294 g/mol. The molecule has 1 atom stereocenters. The predicted molar refractivity (Wildman–Crippen MR) is 89.6 cm³/mol. The molecule has 2 bridgehead atoms. The van der Waals surface area contributed by atoms with Gasteiger partial charge in [-0.05, 0) is 56.5 Å². The van der Waals surface area contributed by atoms with Gasteiger partial charge in [-0.2, -0.15) is 0 Å². The molecule has 1 aromatic carbocycles. The highest BCUT2D eigenvalue weighted by molar-refractivity contribution is 7.22. The largest absolute Gasteiger partial charge is 0.351 e. The fourth-order valence-electron chi connectivity index (χ4n) is 4.37. The number of aromatic nitrogens is 1. The van der Waals surface area contributed by atoms with Crippen molar-refractivity contribution in [1.29, 1.82) is 0 Å². The van der Waals surface area contributed by atoms with Crippen LogP contribution in [0.3, 0.4) is 0 Å². The lowest BCUT2D eigenvalue weighted by Crippen LogP contribution is -2.61. The summed E-state index contributed by atoms with van der Waals surface area (Å²) in [5.74, 6) is 0.735. The number of hydrogen-bond acceptors (Lipinski definition) is 5. The summed E-state index contributed by atoms with van der Waals surface area (Å²) in [6.07, 6.45) is 2.60. The zero-order valence-electron chi connectivity index (χ0n) is 12.9.